The maximum absolute atomic E-state index is 12.1. The van der Waals surface area contributed by atoms with E-state index in [0.717, 1.165) is 0 Å². The van der Waals surface area contributed by atoms with Crippen LogP contribution in [0, 0.1) is 0 Å². The van der Waals surface area contributed by atoms with E-state index in [0.29, 0.717) is 17.1 Å². The van der Waals surface area contributed by atoms with Crippen molar-refractivity contribution in [1.82, 2.24) is 0 Å². The van der Waals surface area contributed by atoms with E-state index in [1.807, 2.05) is 24.8 Å². The molecule has 0 aliphatic rings. The molecule has 0 atom stereocenters. The molecule has 1 aromatic rings. The second kappa shape index (κ2) is 6.20. The number of anilines is 1. The Kier molecular flexibility index (Phi) is 5.16. The third-order valence-corrected chi connectivity index (χ3v) is 4.63. The van der Waals surface area contributed by atoms with Gasteiger partial charge in [-0.2, -0.15) is 0 Å². The third-order valence-electron chi connectivity index (χ3n) is 2.85. The Hall–Kier alpha value is -1.07. The standard InChI is InChI=1S/C13H21NO3S/c1-4-18(16,17)13-8-6-5-7-12(13)14(9-10-15)11(2)3/h5-8,11,15H,4,9-10H2,1-3H3. The van der Waals surface area contributed by atoms with Crippen molar-refractivity contribution >= 4 is 15.5 Å². The van der Waals surface area contributed by atoms with Crippen molar-refractivity contribution in [2.75, 3.05) is 23.8 Å². The van der Waals surface area contributed by atoms with Gasteiger partial charge in [-0.15, -0.1) is 0 Å². The Morgan fingerprint density at radius 2 is 1.89 bits per heavy atom. The molecule has 1 rings (SSSR count). The van der Waals surface area contributed by atoms with E-state index in [4.69, 9.17) is 5.11 Å². The van der Waals surface area contributed by atoms with Crippen LogP contribution < -0.4 is 4.90 Å². The summed E-state index contributed by atoms with van der Waals surface area (Å²) in [7, 11) is -3.25. The molecule has 0 saturated heterocycles. The number of aliphatic hydroxyl groups excluding tert-OH is 1. The lowest BCUT2D eigenvalue weighted by atomic mass is 10.2. The fourth-order valence-corrected chi connectivity index (χ4v) is 2.98. The van der Waals surface area contributed by atoms with Gasteiger partial charge in [0, 0.05) is 12.6 Å². The molecule has 0 radical (unpaired) electrons. The summed E-state index contributed by atoms with van der Waals surface area (Å²) in [5, 5.41) is 9.11. The van der Waals surface area contributed by atoms with Crippen LogP contribution in [-0.4, -0.2) is 38.5 Å². The molecule has 5 heteroatoms. The summed E-state index contributed by atoms with van der Waals surface area (Å²) in [4.78, 5) is 2.25. The Morgan fingerprint density at radius 3 is 2.39 bits per heavy atom. The summed E-state index contributed by atoms with van der Waals surface area (Å²) in [5.41, 5.74) is 0.670. The van der Waals surface area contributed by atoms with Crippen LogP contribution in [-0.2, 0) is 9.84 Å². The molecule has 0 heterocycles. The van der Waals surface area contributed by atoms with E-state index in [-0.39, 0.29) is 18.4 Å². The molecular formula is C13H21NO3S. The van der Waals surface area contributed by atoms with Gasteiger partial charge in [-0.25, -0.2) is 8.42 Å². The minimum Gasteiger partial charge on any atom is -0.395 e. The molecule has 0 saturated carbocycles. The van der Waals surface area contributed by atoms with Crippen molar-refractivity contribution in [3.8, 4) is 0 Å². The van der Waals surface area contributed by atoms with Crippen molar-refractivity contribution < 1.29 is 13.5 Å². The summed E-state index contributed by atoms with van der Waals surface area (Å²) in [6.45, 7) is 6.01. The van der Waals surface area contributed by atoms with E-state index in [1.54, 1.807) is 25.1 Å². The fraction of sp³-hybridized carbons (Fsp3) is 0.538. The van der Waals surface area contributed by atoms with E-state index in [9.17, 15) is 8.42 Å². The molecule has 0 spiro atoms. The first-order chi connectivity index (χ1) is 8.44. The predicted octanol–water partition coefficient (Wildman–Crippen LogP) is 1.69. The largest absolute Gasteiger partial charge is 0.395 e. The van der Waals surface area contributed by atoms with Crippen LogP contribution >= 0.6 is 0 Å². The Bertz CT molecular complexity index is 483. The highest BCUT2D eigenvalue weighted by molar-refractivity contribution is 7.91. The molecule has 0 bridgehead atoms. The zero-order valence-corrected chi connectivity index (χ0v) is 11.9. The maximum Gasteiger partial charge on any atom is 0.180 e. The minimum atomic E-state index is -3.25. The van der Waals surface area contributed by atoms with Crippen molar-refractivity contribution in [3.05, 3.63) is 24.3 Å². The molecule has 4 nitrogen and oxygen atoms in total. The lowest BCUT2D eigenvalue weighted by molar-refractivity contribution is 0.299. The van der Waals surface area contributed by atoms with Crippen molar-refractivity contribution in [3.63, 3.8) is 0 Å². The van der Waals surface area contributed by atoms with Crippen LogP contribution in [0.4, 0.5) is 5.69 Å². The molecule has 0 aliphatic carbocycles. The maximum atomic E-state index is 12.1. The second-order valence-electron chi connectivity index (χ2n) is 4.38. The first-order valence-corrected chi connectivity index (χ1v) is 7.78. The van der Waals surface area contributed by atoms with E-state index in [2.05, 4.69) is 0 Å². The first-order valence-electron chi connectivity index (χ1n) is 6.13. The SMILES string of the molecule is CCS(=O)(=O)c1ccccc1N(CCO)C(C)C. The molecule has 0 fully saturated rings. The van der Waals surface area contributed by atoms with E-state index < -0.39 is 9.84 Å². The lowest BCUT2D eigenvalue weighted by Crippen LogP contribution is -2.34. The normalized spacial score (nSPS) is 11.8. The van der Waals surface area contributed by atoms with Crippen molar-refractivity contribution in [1.29, 1.82) is 0 Å². The van der Waals surface area contributed by atoms with E-state index in [1.165, 1.54) is 0 Å². The number of nitrogens with zero attached hydrogens (tertiary/aromatic N) is 1. The Balaban J connectivity index is 3.31. The fourth-order valence-electron chi connectivity index (χ4n) is 1.88. The summed E-state index contributed by atoms with van der Waals surface area (Å²) in [6, 6.07) is 7.09. The van der Waals surface area contributed by atoms with Gasteiger partial charge in [0.25, 0.3) is 0 Å². The molecule has 0 amide bonds. The van der Waals surface area contributed by atoms with Crippen LogP contribution in [0.15, 0.2) is 29.2 Å². The molecule has 0 aromatic heterocycles. The van der Waals surface area contributed by atoms with Crippen LogP contribution in [0.25, 0.3) is 0 Å². The van der Waals surface area contributed by atoms with Crippen LogP contribution in [0.3, 0.4) is 0 Å². The van der Waals surface area contributed by atoms with Crippen LogP contribution in [0.1, 0.15) is 20.8 Å². The lowest BCUT2D eigenvalue weighted by Gasteiger charge is -2.30. The number of hydrogen-bond donors (Lipinski definition) is 1. The third kappa shape index (κ3) is 3.23. The Labute approximate surface area is 109 Å². The first kappa shape index (κ1) is 15.0. The topological polar surface area (TPSA) is 57.6 Å². The number of para-hydroxylation sites is 1. The number of benzene rings is 1. The molecule has 0 aliphatic heterocycles. The molecule has 1 aromatic carbocycles. The predicted molar refractivity (Wildman–Crippen MR) is 73.7 cm³/mol. The summed E-state index contributed by atoms with van der Waals surface area (Å²) in [5.74, 6) is 0.0784. The van der Waals surface area contributed by atoms with Gasteiger partial charge in [0.1, 0.15) is 0 Å². The zero-order valence-electron chi connectivity index (χ0n) is 11.1. The smallest absolute Gasteiger partial charge is 0.180 e. The average Bonchev–Trinajstić information content (AvgIpc) is 2.35. The van der Waals surface area contributed by atoms with Gasteiger partial charge in [0.2, 0.25) is 0 Å². The van der Waals surface area contributed by atoms with Gasteiger partial charge >= 0.3 is 0 Å². The van der Waals surface area contributed by atoms with Gasteiger partial charge in [-0.3, -0.25) is 0 Å². The molecule has 18 heavy (non-hydrogen) atoms. The van der Waals surface area contributed by atoms with Crippen LogP contribution in [0.2, 0.25) is 0 Å². The monoisotopic (exact) mass is 271 g/mol. The zero-order chi connectivity index (χ0) is 13.8. The van der Waals surface area contributed by atoms with Crippen LogP contribution in [0.5, 0.6) is 0 Å². The summed E-state index contributed by atoms with van der Waals surface area (Å²) < 4.78 is 24.1. The van der Waals surface area contributed by atoms with Gasteiger partial charge in [0.15, 0.2) is 9.84 Å². The number of sulfone groups is 1. The minimum absolute atomic E-state index is 0.00130. The molecule has 102 valence electrons. The van der Waals surface area contributed by atoms with Gasteiger partial charge in [-0.05, 0) is 26.0 Å². The molecular weight excluding hydrogens is 250 g/mol. The number of hydrogen-bond acceptors (Lipinski definition) is 4. The van der Waals surface area contributed by atoms with Crippen molar-refractivity contribution in [2.24, 2.45) is 0 Å². The number of rotatable bonds is 6. The summed E-state index contributed by atoms with van der Waals surface area (Å²) in [6.07, 6.45) is 0. The Morgan fingerprint density at radius 1 is 1.28 bits per heavy atom. The van der Waals surface area contributed by atoms with Gasteiger partial charge < -0.3 is 10.0 Å². The quantitative estimate of drug-likeness (QED) is 0.855. The second-order valence-corrected chi connectivity index (χ2v) is 6.63. The molecule has 0 unspecified atom stereocenters. The molecule has 1 N–H and O–H groups in total. The highest BCUT2D eigenvalue weighted by atomic mass is 32.2. The van der Waals surface area contributed by atoms with Gasteiger partial charge in [-0.1, -0.05) is 19.1 Å². The average molecular weight is 271 g/mol. The highest BCUT2D eigenvalue weighted by Crippen LogP contribution is 2.27. The highest BCUT2D eigenvalue weighted by Gasteiger charge is 2.21. The van der Waals surface area contributed by atoms with Crippen molar-refractivity contribution in [2.45, 2.75) is 31.7 Å². The van der Waals surface area contributed by atoms with Gasteiger partial charge in [0.05, 0.1) is 22.9 Å². The number of aliphatic hydroxyl groups is 1. The van der Waals surface area contributed by atoms with E-state index >= 15 is 0 Å². The summed E-state index contributed by atoms with van der Waals surface area (Å²) >= 11 is 0.